The first kappa shape index (κ1) is 13.2. The Morgan fingerprint density at radius 1 is 1.56 bits per heavy atom. The van der Waals surface area contributed by atoms with E-state index in [1.807, 2.05) is 0 Å². The average Bonchev–Trinajstić information content (AvgIpc) is 2.37. The second-order valence-electron chi connectivity index (χ2n) is 4.33. The maximum Gasteiger partial charge on any atom is 0.426 e. The zero-order valence-electron chi connectivity index (χ0n) is 9.27. The van der Waals surface area contributed by atoms with E-state index in [4.69, 9.17) is 4.74 Å². The van der Waals surface area contributed by atoms with Crippen molar-refractivity contribution in [2.45, 2.75) is 32.4 Å². The highest BCUT2D eigenvalue weighted by molar-refractivity contribution is 7.85. The van der Waals surface area contributed by atoms with Crippen LogP contribution in [-0.4, -0.2) is 43.7 Å². The van der Waals surface area contributed by atoms with Gasteiger partial charge < -0.3 is 4.74 Å². The van der Waals surface area contributed by atoms with E-state index in [9.17, 15) is 17.6 Å². The molecule has 1 saturated heterocycles. The van der Waals surface area contributed by atoms with E-state index in [-0.39, 0.29) is 6.61 Å². The molecular formula is C8H14FNO5S. The third-order valence-electron chi connectivity index (χ3n) is 1.73. The standard InChI is InChI=1S/C8H14FNO5S/c1-8(2,3)15-7(11)10-6(4-9)5-14-16(10,12)13/h6H,4-5H2,1-3H3. The van der Waals surface area contributed by atoms with Crippen molar-refractivity contribution in [3.05, 3.63) is 0 Å². The number of ether oxygens (including phenoxy) is 1. The predicted molar refractivity (Wildman–Crippen MR) is 52.7 cm³/mol. The highest BCUT2D eigenvalue weighted by atomic mass is 32.2. The normalized spacial score (nSPS) is 24.5. The third kappa shape index (κ3) is 2.82. The molecule has 0 aromatic carbocycles. The van der Waals surface area contributed by atoms with Gasteiger partial charge in [0.15, 0.2) is 0 Å². The molecular weight excluding hydrogens is 241 g/mol. The summed E-state index contributed by atoms with van der Waals surface area (Å²) in [6, 6.07) is -1.14. The molecule has 0 saturated carbocycles. The summed E-state index contributed by atoms with van der Waals surface area (Å²) >= 11 is 0. The minimum atomic E-state index is -4.20. The van der Waals surface area contributed by atoms with Gasteiger partial charge in [-0.25, -0.2) is 9.18 Å². The van der Waals surface area contributed by atoms with Crippen LogP contribution in [0.3, 0.4) is 0 Å². The molecule has 1 aliphatic heterocycles. The molecule has 1 aliphatic rings. The fourth-order valence-corrected chi connectivity index (χ4v) is 2.27. The highest BCUT2D eigenvalue weighted by Crippen LogP contribution is 2.22. The van der Waals surface area contributed by atoms with Crippen LogP contribution in [0.25, 0.3) is 0 Å². The lowest BCUT2D eigenvalue weighted by molar-refractivity contribution is 0.0343. The van der Waals surface area contributed by atoms with Gasteiger partial charge in [-0.2, -0.15) is 12.7 Å². The van der Waals surface area contributed by atoms with Gasteiger partial charge in [0.05, 0.1) is 6.61 Å². The SMILES string of the molecule is CC(C)(C)OC(=O)N1C(CF)COS1(=O)=O. The number of carbonyl (C=O) groups is 1. The zero-order valence-corrected chi connectivity index (χ0v) is 10.1. The lowest BCUT2D eigenvalue weighted by atomic mass is 10.2. The molecule has 0 radical (unpaired) electrons. The van der Waals surface area contributed by atoms with Crippen LogP contribution in [-0.2, 0) is 19.2 Å². The lowest BCUT2D eigenvalue weighted by Crippen LogP contribution is -2.43. The molecule has 1 fully saturated rings. The summed E-state index contributed by atoms with van der Waals surface area (Å²) in [4.78, 5) is 11.5. The molecule has 0 aromatic rings. The molecule has 0 bridgehead atoms. The molecule has 0 aliphatic carbocycles. The molecule has 0 spiro atoms. The van der Waals surface area contributed by atoms with Crippen LogP contribution in [0.5, 0.6) is 0 Å². The van der Waals surface area contributed by atoms with E-state index in [1.54, 1.807) is 20.8 Å². The van der Waals surface area contributed by atoms with Crippen LogP contribution in [0, 0.1) is 0 Å². The van der Waals surface area contributed by atoms with E-state index in [2.05, 4.69) is 4.18 Å². The summed E-state index contributed by atoms with van der Waals surface area (Å²) in [6.07, 6.45) is -1.12. The van der Waals surface area contributed by atoms with Gasteiger partial charge in [-0.1, -0.05) is 0 Å². The highest BCUT2D eigenvalue weighted by Gasteiger charge is 2.44. The van der Waals surface area contributed by atoms with E-state index >= 15 is 0 Å². The number of carbonyl (C=O) groups excluding carboxylic acids is 1. The van der Waals surface area contributed by atoms with Gasteiger partial charge in [0.25, 0.3) is 0 Å². The predicted octanol–water partition coefficient (Wildman–Crippen LogP) is 0.837. The topological polar surface area (TPSA) is 72.9 Å². The van der Waals surface area contributed by atoms with Gasteiger partial charge in [-0.15, -0.1) is 0 Å². The Kier molecular flexibility index (Phi) is 3.44. The zero-order chi connectivity index (χ0) is 12.6. The Morgan fingerprint density at radius 3 is 2.56 bits per heavy atom. The second kappa shape index (κ2) is 4.17. The van der Waals surface area contributed by atoms with Gasteiger partial charge in [-0.05, 0) is 20.8 Å². The number of hydrogen-bond acceptors (Lipinski definition) is 5. The van der Waals surface area contributed by atoms with Gasteiger partial charge in [0, 0.05) is 0 Å². The quantitative estimate of drug-likeness (QED) is 0.694. The van der Waals surface area contributed by atoms with Gasteiger partial charge in [0.1, 0.15) is 18.3 Å². The molecule has 1 atom stereocenters. The Labute approximate surface area is 93.6 Å². The molecule has 94 valence electrons. The van der Waals surface area contributed by atoms with Crippen molar-refractivity contribution < 1.29 is 26.5 Å². The smallest absolute Gasteiger partial charge is 0.426 e. The molecule has 0 aromatic heterocycles. The van der Waals surface area contributed by atoms with Crippen LogP contribution >= 0.6 is 0 Å². The molecule has 8 heteroatoms. The van der Waals surface area contributed by atoms with Crippen molar-refractivity contribution in [3.8, 4) is 0 Å². The number of alkyl halides is 1. The second-order valence-corrected chi connectivity index (χ2v) is 5.81. The lowest BCUT2D eigenvalue weighted by Gasteiger charge is -2.24. The molecule has 16 heavy (non-hydrogen) atoms. The summed E-state index contributed by atoms with van der Waals surface area (Å²) in [5, 5.41) is 0. The fraction of sp³-hybridized carbons (Fsp3) is 0.875. The summed E-state index contributed by atoms with van der Waals surface area (Å²) in [7, 11) is -4.20. The minimum absolute atomic E-state index is 0.304. The molecule has 1 amide bonds. The number of rotatable bonds is 1. The van der Waals surface area contributed by atoms with E-state index in [0.29, 0.717) is 4.31 Å². The van der Waals surface area contributed by atoms with Gasteiger partial charge in [0.2, 0.25) is 0 Å². The maximum absolute atomic E-state index is 12.5. The summed E-state index contributed by atoms with van der Waals surface area (Å²) in [5.74, 6) is 0. The first-order chi connectivity index (χ1) is 7.17. The molecule has 1 heterocycles. The minimum Gasteiger partial charge on any atom is -0.443 e. The van der Waals surface area contributed by atoms with Crippen molar-refractivity contribution in [2.75, 3.05) is 13.3 Å². The van der Waals surface area contributed by atoms with Crippen molar-refractivity contribution >= 4 is 16.4 Å². The van der Waals surface area contributed by atoms with Crippen LogP contribution in [0.2, 0.25) is 0 Å². The Bertz CT molecular complexity index is 374. The van der Waals surface area contributed by atoms with Gasteiger partial charge in [-0.3, -0.25) is 4.18 Å². The number of nitrogens with zero attached hydrogens (tertiary/aromatic N) is 1. The Balaban J connectivity index is 2.88. The summed E-state index contributed by atoms with van der Waals surface area (Å²) < 4.78 is 44.6. The number of hydrogen-bond donors (Lipinski definition) is 0. The van der Waals surface area contributed by atoms with Crippen molar-refractivity contribution in [1.29, 1.82) is 0 Å². The van der Waals surface area contributed by atoms with Crippen molar-refractivity contribution in [2.24, 2.45) is 0 Å². The van der Waals surface area contributed by atoms with Crippen LogP contribution in [0.1, 0.15) is 20.8 Å². The largest absolute Gasteiger partial charge is 0.443 e. The Hall–Kier alpha value is -0.890. The van der Waals surface area contributed by atoms with E-state index < -0.39 is 34.7 Å². The first-order valence-electron chi connectivity index (χ1n) is 4.65. The third-order valence-corrected chi connectivity index (χ3v) is 3.10. The molecule has 1 unspecified atom stereocenters. The van der Waals surface area contributed by atoms with Gasteiger partial charge >= 0.3 is 16.4 Å². The molecule has 0 N–H and O–H groups in total. The van der Waals surface area contributed by atoms with Crippen LogP contribution in [0.15, 0.2) is 0 Å². The Morgan fingerprint density at radius 2 is 2.12 bits per heavy atom. The summed E-state index contributed by atoms with van der Waals surface area (Å²) in [5.41, 5.74) is -0.851. The maximum atomic E-state index is 12.5. The van der Waals surface area contributed by atoms with Crippen LogP contribution in [0.4, 0.5) is 9.18 Å². The van der Waals surface area contributed by atoms with Crippen LogP contribution < -0.4 is 0 Å². The summed E-state index contributed by atoms with van der Waals surface area (Å²) in [6.45, 7) is 3.37. The van der Waals surface area contributed by atoms with Crippen molar-refractivity contribution in [1.82, 2.24) is 4.31 Å². The monoisotopic (exact) mass is 255 g/mol. The van der Waals surface area contributed by atoms with E-state index in [1.165, 1.54) is 0 Å². The number of amides is 1. The average molecular weight is 255 g/mol. The first-order valence-corrected chi connectivity index (χ1v) is 6.01. The fourth-order valence-electron chi connectivity index (χ4n) is 1.13. The molecule has 1 rings (SSSR count). The molecule has 6 nitrogen and oxygen atoms in total. The van der Waals surface area contributed by atoms with E-state index in [0.717, 1.165) is 0 Å². The van der Waals surface area contributed by atoms with Crippen molar-refractivity contribution in [3.63, 3.8) is 0 Å². The number of halogens is 1.